The number of carbonyl (C=O) groups excluding carboxylic acids is 1. The van der Waals surface area contributed by atoms with Crippen molar-refractivity contribution in [3.05, 3.63) is 0 Å². The number of hydrogen-bond donors (Lipinski definition) is 1. The van der Waals surface area contributed by atoms with E-state index in [1.807, 2.05) is 11.9 Å². The Morgan fingerprint density at radius 2 is 1.42 bits per heavy atom. The summed E-state index contributed by atoms with van der Waals surface area (Å²) in [5.74, 6) is -1.49. The Labute approximate surface area is 115 Å². The maximum absolute atomic E-state index is 12.6. The van der Waals surface area contributed by atoms with Crippen molar-refractivity contribution in [2.75, 3.05) is 7.05 Å². The molecule has 0 spiro atoms. The maximum atomic E-state index is 12.6. The van der Waals surface area contributed by atoms with Crippen molar-refractivity contribution in [2.24, 2.45) is 11.8 Å². The molecule has 0 saturated heterocycles. The lowest BCUT2D eigenvalue weighted by Crippen LogP contribution is -2.45. The number of carbonyl (C=O) groups is 2. The Morgan fingerprint density at radius 3 is 2.00 bits per heavy atom. The fourth-order valence-corrected chi connectivity index (χ4v) is 3.63. The predicted molar refractivity (Wildman–Crippen MR) is 72.7 cm³/mol. The number of hydrogen-bond acceptors (Lipinski definition) is 2. The molecule has 2 rings (SSSR count). The lowest BCUT2D eigenvalue weighted by molar-refractivity contribution is -0.152. The number of amides is 1. The molecule has 0 aromatic carbocycles. The van der Waals surface area contributed by atoms with Crippen molar-refractivity contribution in [3.63, 3.8) is 0 Å². The Kier molecular flexibility index (Phi) is 4.83. The van der Waals surface area contributed by atoms with Crippen molar-refractivity contribution < 1.29 is 14.7 Å². The average molecular weight is 267 g/mol. The van der Waals surface area contributed by atoms with Gasteiger partial charge < -0.3 is 10.0 Å². The van der Waals surface area contributed by atoms with E-state index in [1.165, 1.54) is 19.3 Å². The van der Waals surface area contributed by atoms with E-state index >= 15 is 0 Å². The zero-order valence-electron chi connectivity index (χ0n) is 11.8. The molecule has 19 heavy (non-hydrogen) atoms. The highest BCUT2D eigenvalue weighted by atomic mass is 16.4. The Bertz CT molecular complexity index is 336. The molecule has 0 bridgehead atoms. The highest BCUT2D eigenvalue weighted by Gasteiger charge is 2.38. The lowest BCUT2D eigenvalue weighted by atomic mass is 9.78. The molecule has 0 unspecified atom stereocenters. The molecule has 2 atom stereocenters. The number of carboxylic acids is 1. The van der Waals surface area contributed by atoms with Gasteiger partial charge in [0.2, 0.25) is 5.91 Å². The first-order valence-electron chi connectivity index (χ1n) is 7.60. The Hall–Kier alpha value is -1.06. The molecule has 0 heterocycles. The second kappa shape index (κ2) is 6.40. The molecule has 4 nitrogen and oxygen atoms in total. The standard InChI is InChI=1S/C15H25NO3/c1-16(11-7-3-2-4-8-11)14(17)12-9-5-6-10-13(12)15(18)19/h11-13H,2-10H2,1H3,(H,18,19)/t12-,13-/m1/s1. The van der Waals surface area contributed by atoms with Crippen LogP contribution in [0.5, 0.6) is 0 Å². The van der Waals surface area contributed by atoms with Gasteiger partial charge >= 0.3 is 5.97 Å². The normalized spacial score (nSPS) is 28.9. The SMILES string of the molecule is CN(C(=O)[C@@H]1CCCC[C@H]1C(=O)O)C1CCCCC1. The first-order valence-corrected chi connectivity index (χ1v) is 7.60. The molecule has 2 fully saturated rings. The fraction of sp³-hybridized carbons (Fsp3) is 0.867. The molecule has 1 N–H and O–H groups in total. The van der Waals surface area contributed by atoms with E-state index in [-0.39, 0.29) is 11.8 Å². The molecule has 0 aromatic rings. The predicted octanol–water partition coefficient (Wildman–Crippen LogP) is 2.67. The minimum Gasteiger partial charge on any atom is -0.481 e. The third kappa shape index (κ3) is 3.28. The van der Waals surface area contributed by atoms with E-state index in [9.17, 15) is 14.7 Å². The summed E-state index contributed by atoms with van der Waals surface area (Å²) in [5, 5.41) is 9.28. The fourth-order valence-electron chi connectivity index (χ4n) is 3.63. The Balaban J connectivity index is 2.01. The van der Waals surface area contributed by atoms with Crippen LogP contribution in [0, 0.1) is 11.8 Å². The number of aliphatic carboxylic acids is 1. The summed E-state index contributed by atoms with van der Waals surface area (Å²) in [5.41, 5.74) is 0. The summed E-state index contributed by atoms with van der Waals surface area (Å²) in [6, 6.07) is 0.331. The van der Waals surface area contributed by atoms with Gasteiger partial charge in [0.05, 0.1) is 11.8 Å². The van der Waals surface area contributed by atoms with E-state index in [2.05, 4.69) is 0 Å². The van der Waals surface area contributed by atoms with E-state index in [1.54, 1.807) is 0 Å². The smallest absolute Gasteiger partial charge is 0.307 e. The molecule has 0 aromatic heterocycles. The molecule has 1 amide bonds. The van der Waals surface area contributed by atoms with Crippen LogP contribution in [-0.2, 0) is 9.59 Å². The summed E-state index contributed by atoms with van der Waals surface area (Å²) in [7, 11) is 1.87. The van der Waals surface area contributed by atoms with Gasteiger partial charge in [0.1, 0.15) is 0 Å². The van der Waals surface area contributed by atoms with Crippen LogP contribution in [0.1, 0.15) is 57.8 Å². The maximum Gasteiger partial charge on any atom is 0.307 e. The van der Waals surface area contributed by atoms with Gasteiger partial charge in [0, 0.05) is 13.1 Å². The van der Waals surface area contributed by atoms with Crippen LogP contribution in [0.4, 0.5) is 0 Å². The molecule has 2 aliphatic rings. The first kappa shape index (κ1) is 14.4. The number of nitrogens with zero attached hydrogens (tertiary/aromatic N) is 1. The zero-order valence-corrected chi connectivity index (χ0v) is 11.8. The van der Waals surface area contributed by atoms with Gasteiger partial charge in [-0.2, -0.15) is 0 Å². The number of rotatable bonds is 3. The zero-order chi connectivity index (χ0) is 13.8. The van der Waals surface area contributed by atoms with Crippen LogP contribution < -0.4 is 0 Å². The third-order valence-electron chi connectivity index (χ3n) is 4.87. The molecule has 2 saturated carbocycles. The van der Waals surface area contributed by atoms with Crippen LogP contribution in [0.15, 0.2) is 0 Å². The molecular formula is C15H25NO3. The quantitative estimate of drug-likeness (QED) is 0.855. The van der Waals surface area contributed by atoms with Gasteiger partial charge in [0.15, 0.2) is 0 Å². The third-order valence-corrected chi connectivity index (χ3v) is 4.87. The van der Waals surface area contributed by atoms with Gasteiger partial charge in [-0.1, -0.05) is 32.1 Å². The van der Waals surface area contributed by atoms with Crippen LogP contribution in [-0.4, -0.2) is 35.0 Å². The summed E-state index contributed by atoms with van der Waals surface area (Å²) >= 11 is 0. The van der Waals surface area contributed by atoms with Crippen molar-refractivity contribution >= 4 is 11.9 Å². The van der Waals surface area contributed by atoms with Gasteiger partial charge in [-0.05, 0) is 25.7 Å². The number of carboxylic acid groups (broad SMARTS) is 1. The highest BCUT2D eigenvalue weighted by Crippen LogP contribution is 2.33. The summed E-state index contributed by atoms with van der Waals surface area (Å²) in [6.45, 7) is 0. The van der Waals surface area contributed by atoms with Gasteiger partial charge in [-0.25, -0.2) is 0 Å². The second-order valence-corrected chi connectivity index (χ2v) is 6.08. The highest BCUT2D eigenvalue weighted by molar-refractivity contribution is 5.85. The van der Waals surface area contributed by atoms with Crippen molar-refractivity contribution in [1.82, 2.24) is 4.90 Å². The molecule has 4 heteroatoms. The minimum absolute atomic E-state index is 0.0685. The van der Waals surface area contributed by atoms with E-state index < -0.39 is 11.9 Å². The largest absolute Gasteiger partial charge is 0.481 e. The van der Waals surface area contributed by atoms with Gasteiger partial charge in [0.25, 0.3) is 0 Å². The molecule has 0 aliphatic heterocycles. The van der Waals surface area contributed by atoms with Gasteiger partial charge in [-0.3, -0.25) is 9.59 Å². The van der Waals surface area contributed by atoms with Crippen LogP contribution in [0.3, 0.4) is 0 Å². The molecule has 108 valence electrons. The van der Waals surface area contributed by atoms with E-state index in [0.717, 1.165) is 32.1 Å². The summed E-state index contributed by atoms with van der Waals surface area (Å²) in [4.78, 5) is 25.7. The average Bonchev–Trinajstić information content (AvgIpc) is 2.46. The van der Waals surface area contributed by atoms with Crippen LogP contribution >= 0.6 is 0 Å². The van der Waals surface area contributed by atoms with Crippen molar-refractivity contribution in [3.8, 4) is 0 Å². The van der Waals surface area contributed by atoms with Crippen molar-refractivity contribution in [1.29, 1.82) is 0 Å². The monoisotopic (exact) mass is 267 g/mol. The van der Waals surface area contributed by atoms with E-state index in [4.69, 9.17) is 0 Å². The minimum atomic E-state index is -0.796. The second-order valence-electron chi connectivity index (χ2n) is 6.08. The van der Waals surface area contributed by atoms with Crippen LogP contribution in [0.2, 0.25) is 0 Å². The lowest BCUT2D eigenvalue weighted by Gasteiger charge is -2.36. The van der Waals surface area contributed by atoms with Crippen molar-refractivity contribution in [2.45, 2.75) is 63.8 Å². The van der Waals surface area contributed by atoms with Gasteiger partial charge in [-0.15, -0.1) is 0 Å². The van der Waals surface area contributed by atoms with E-state index in [0.29, 0.717) is 12.5 Å². The first-order chi connectivity index (χ1) is 9.11. The molecule has 2 aliphatic carbocycles. The Morgan fingerprint density at radius 1 is 0.895 bits per heavy atom. The topological polar surface area (TPSA) is 57.6 Å². The van der Waals surface area contributed by atoms with Crippen LogP contribution in [0.25, 0.3) is 0 Å². The molecule has 0 radical (unpaired) electrons. The summed E-state index contributed by atoms with van der Waals surface area (Å²) in [6.07, 6.45) is 9.12. The molecular weight excluding hydrogens is 242 g/mol. The summed E-state index contributed by atoms with van der Waals surface area (Å²) < 4.78 is 0.